The van der Waals surface area contributed by atoms with Crippen molar-refractivity contribution in [3.05, 3.63) is 53.6 Å². The summed E-state index contributed by atoms with van der Waals surface area (Å²) in [7, 11) is 0. The number of para-hydroxylation sites is 2. The lowest BCUT2D eigenvalue weighted by molar-refractivity contribution is -0.128. The average molecular weight is 389 g/mol. The first-order valence-corrected chi connectivity index (χ1v) is 9.18. The first-order chi connectivity index (χ1) is 13.1. The molecule has 0 bridgehead atoms. The van der Waals surface area contributed by atoms with Crippen LogP contribution in [0.5, 0.6) is 11.5 Å². The molecule has 2 amide bonds. The number of ether oxygens (including phenoxy) is 2. The van der Waals surface area contributed by atoms with Gasteiger partial charge < -0.3 is 19.7 Å². The van der Waals surface area contributed by atoms with Gasteiger partial charge in [0.2, 0.25) is 0 Å². The lowest BCUT2D eigenvalue weighted by atomic mass is 10.1. The van der Waals surface area contributed by atoms with E-state index in [9.17, 15) is 9.59 Å². The summed E-state index contributed by atoms with van der Waals surface area (Å²) in [6, 6.07) is 14.0. The third-order valence-electron chi connectivity index (χ3n) is 4.07. The zero-order valence-corrected chi connectivity index (χ0v) is 15.7. The highest BCUT2D eigenvalue weighted by atomic mass is 35.5. The molecule has 0 spiro atoms. The zero-order valence-electron chi connectivity index (χ0n) is 15.0. The maximum absolute atomic E-state index is 12.8. The molecule has 142 valence electrons. The van der Waals surface area contributed by atoms with Crippen LogP contribution in [0.2, 0.25) is 5.02 Å². The van der Waals surface area contributed by atoms with Crippen LogP contribution < -0.4 is 19.7 Å². The number of amides is 2. The van der Waals surface area contributed by atoms with E-state index >= 15 is 0 Å². The third kappa shape index (κ3) is 4.71. The molecule has 0 fully saturated rings. The van der Waals surface area contributed by atoms with Gasteiger partial charge in [-0.25, -0.2) is 0 Å². The number of carbonyl (C=O) groups is 2. The molecule has 7 heteroatoms. The van der Waals surface area contributed by atoms with Crippen LogP contribution in [0.1, 0.15) is 13.3 Å². The van der Waals surface area contributed by atoms with Crippen LogP contribution in [0.4, 0.5) is 5.69 Å². The maximum atomic E-state index is 12.8. The molecule has 0 radical (unpaired) electrons. The minimum atomic E-state index is -0.762. The summed E-state index contributed by atoms with van der Waals surface area (Å²) in [6.45, 7) is 2.49. The molecule has 3 rings (SSSR count). The molecule has 2 aromatic rings. The first-order valence-electron chi connectivity index (χ1n) is 8.80. The number of hydrogen-bond acceptors (Lipinski definition) is 4. The molecule has 2 aromatic carbocycles. The molecule has 0 aliphatic carbocycles. The highest BCUT2D eigenvalue weighted by Crippen LogP contribution is 2.33. The van der Waals surface area contributed by atoms with Crippen molar-refractivity contribution in [2.75, 3.05) is 24.6 Å². The normalized spacial score (nSPS) is 15.5. The monoisotopic (exact) mass is 388 g/mol. The maximum Gasteiger partial charge on any atom is 0.265 e. The Morgan fingerprint density at radius 3 is 2.85 bits per heavy atom. The smallest absolute Gasteiger partial charge is 0.265 e. The van der Waals surface area contributed by atoms with E-state index in [1.807, 2.05) is 13.0 Å². The topological polar surface area (TPSA) is 67.9 Å². The molecule has 1 aliphatic rings. The highest BCUT2D eigenvalue weighted by Gasteiger charge is 2.33. The molecular weight excluding hydrogens is 368 g/mol. The number of benzene rings is 2. The molecule has 0 unspecified atom stereocenters. The van der Waals surface area contributed by atoms with Crippen molar-refractivity contribution in [1.82, 2.24) is 5.32 Å². The van der Waals surface area contributed by atoms with Gasteiger partial charge in [-0.3, -0.25) is 9.59 Å². The Bertz CT molecular complexity index is 827. The van der Waals surface area contributed by atoms with E-state index in [4.69, 9.17) is 21.1 Å². The van der Waals surface area contributed by atoms with E-state index < -0.39 is 6.10 Å². The fraction of sp³-hybridized carbons (Fsp3) is 0.300. The van der Waals surface area contributed by atoms with Crippen molar-refractivity contribution in [2.45, 2.75) is 19.4 Å². The van der Waals surface area contributed by atoms with Crippen LogP contribution in [0.3, 0.4) is 0 Å². The standard InChI is InChI=1S/C20H21ClN2O4/c1-2-10-22-20(25)18-12-23(16-8-3-4-9-17(16)27-18)19(24)13-26-15-7-5-6-14(21)11-15/h3-9,11,18H,2,10,12-13H2,1H3,(H,22,25)/t18-/m1/s1. The van der Waals surface area contributed by atoms with Gasteiger partial charge in [-0.05, 0) is 36.8 Å². The van der Waals surface area contributed by atoms with Gasteiger partial charge in [0.1, 0.15) is 11.5 Å². The summed E-state index contributed by atoms with van der Waals surface area (Å²) in [6.07, 6.45) is 0.0621. The van der Waals surface area contributed by atoms with Crippen LogP contribution in [0.15, 0.2) is 48.5 Å². The summed E-state index contributed by atoms with van der Waals surface area (Å²) >= 11 is 5.94. The number of nitrogens with one attached hydrogen (secondary N) is 1. The van der Waals surface area contributed by atoms with Gasteiger partial charge in [0.05, 0.1) is 12.2 Å². The van der Waals surface area contributed by atoms with Gasteiger partial charge >= 0.3 is 0 Å². The predicted molar refractivity (Wildman–Crippen MR) is 103 cm³/mol. The molecule has 6 nitrogen and oxygen atoms in total. The van der Waals surface area contributed by atoms with Gasteiger partial charge in [0.15, 0.2) is 12.7 Å². The minimum absolute atomic E-state index is 0.129. The molecule has 27 heavy (non-hydrogen) atoms. The number of nitrogens with zero attached hydrogens (tertiary/aromatic N) is 1. The summed E-state index contributed by atoms with van der Waals surface area (Å²) in [4.78, 5) is 26.6. The largest absolute Gasteiger partial charge is 0.484 e. The molecule has 1 N–H and O–H groups in total. The van der Waals surface area contributed by atoms with Gasteiger partial charge in [0, 0.05) is 11.6 Å². The van der Waals surface area contributed by atoms with E-state index in [1.165, 1.54) is 4.90 Å². The zero-order chi connectivity index (χ0) is 19.2. The van der Waals surface area contributed by atoms with Crippen LogP contribution in [0, 0.1) is 0 Å². The van der Waals surface area contributed by atoms with Gasteiger partial charge in [-0.1, -0.05) is 36.7 Å². The first kappa shape index (κ1) is 19.0. The summed E-state index contributed by atoms with van der Waals surface area (Å²) < 4.78 is 11.3. The Labute approximate surface area is 163 Å². The Morgan fingerprint density at radius 1 is 1.26 bits per heavy atom. The second-order valence-corrected chi connectivity index (χ2v) is 6.55. The quantitative estimate of drug-likeness (QED) is 0.825. The minimum Gasteiger partial charge on any atom is -0.484 e. The lowest BCUT2D eigenvalue weighted by Gasteiger charge is -2.34. The van der Waals surface area contributed by atoms with Gasteiger partial charge in [-0.2, -0.15) is 0 Å². The summed E-state index contributed by atoms with van der Waals surface area (Å²) in [5.41, 5.74) is 0.622. The molecule has 0 aromatic heterocycles. The van der Waals surface area contributed by atoms with Crippen molar-refractivity contribution in [3.8, 4) is 11.5 Å². The number of hydrogen-bond donors (Lipinski definition) is 1. The third-order valence-corrected chi connectivity index (χ3v) is 4.31. The van der Waals surface area contributed by atoms with Crippen molar-refractivity contribution in [2.24, 2.45) is 0 Å². The average Bonchev–Trinajstić information content (AvgIpc) is 2.69. The van der Waals surface area contributed by atoms with Crippen molar-refractivity contribution in [3.63, 3.8) is 0 Å². The van der Waals surface area contributed by atoms with Crippen LogP contribution in [0.25, 0.3) is 0 Å². The number of halogens is 1. The fourth-order valence-corrected chi connectivity index (χ4v) is 2.93. The number of carbonyl (C=O) groups excluding carboxylic acids is 2. The van der Waals surface area contributed by atoms with Gasteiger partial charge in [-0.15, -0.1) is 0 Å². The van der Waals surface area contributed by atoms with E-state index in [0.29, 0.717) is 28.8 Å². The van der Waals surface area contributed by atoms with Crippen LogP contribution in [-0.2, 0) is 9.59 Å². The van der Waals surface area contributed by atoms with Crippen LogP contribution >= 0.6 is 11.6 Å². The molecule has 0 saturated carbocycles. The Kier molecular flexibility index (Phi) is 6.19. The van der Waals surface area contributed by atoms with Crippen molar-refractivity contribution < 1.29 is 19.1 Å². The van der Waals surface area contributed by atoms with Crippen molar-refractivity contribution in [1.29, 1.82) is 0 Å². The highest BCUT2D eigenvalue weighted by molar-refractivity contribution is 6.30. The molecule has 1 heterocycles. The SMILES string of the molecule is CCCNC(=O)[C@H]1CN(C(=O)COc2cccc(Cl)c2)c2ccccc2O1. The molecule has 1 atom stereocenters. The Balaban J connectivity index is 1.73. The van der Waals surface area contributed by atoms with Gasteiger partial charge in [0.25, 0.3) is 11.8 Å². The predicted octanol–water partition coefficient (Wildman–Crippen LogP) is 3.04. The van der Waals surface area contributed by atoms with Crippen molar-refractivity contribution >= 4 is 29.1 Å². The van der Waals surface area contributed by atoms with E-state index in [2.05, 4.69) is 5.32 Å². The Morgan fingerprint density at radius 2 is 2.07 bits per heavy atom. The molecule has 0 saturated heterocycles. The lowest BCUT2D eigenvalue weighted by Crippen LogP contribution is -2.51. The fourth-order valence-electron chi connectivity index (χ4n) is 2.75. The second kappa shape index (κ2) is 8.77. The van der Waals surface area contributed by atoms with E-state index in [1.54, 1.807) is 42.5 Å². The summed E-state index contributed by atoms with van der Waals surface area (Å²) in [5, 5.41) is 3.34. The second-order valence-electron chi connectivity index (χ2n) is 6.12. The number of rotatable bonds is 6. The van der Waals surface area contributed by atoms with E-state index in [-0.39, 0.29) is 25.0 Å². The number of fused-ring (bicyclic) bond motifs is 1. The molecule has 1 aliphatic heterocycles. The van der Waals surface area contributed by atoms with E-state index in [0.717, 1.165) is 6.42 Å². The molecular formula is C20H21ClN2O4. The Hall–Kier alpha value is -2.73. The number of anilines is 1. The summed E-state index contributed by atoms with van der Waals surface area (Å²) in [5.74, 6) is 0.505. The van der Waals surface area contributed by atoms with Crippen LogP contribution in [-0.4, -0.2) is 37.6 Å².